The van der Waals surface area contributed by atoms with E-state index in [9.17, 15) is 0 Å². The second-order valence-corrected chi connectivity index (χ2v) is 10.8. The summed E-state index contributed by atoms with van der Waals surface area (Å²) in [7, 11) is 0. The quantitative estimate of drug-likeness (QED) is 0.149. The van der Waals surface area contributed by atoms with Crippen LogP contribution >= 0.6 is 139 Å². The normalized spacial score (nSPS) is 11.5. The van der Waals surface area contributed by atoms with E-state index in [4.69, 9.17) is 139 Å². The molecule has 3 aromatic rings. The van der Waals surface area contributed by atoms with Crippen LogP contribution in [-0.2, 0) is 0 Å². The number of halogens is 12. The Hall–Kier alpha value is 1.14. The summed E-state index contributed by atoms with van der Waals surface area (Å²) in [6.07, 6.45) is 0. The molecule has 3 aromatic carbocycles. The maximum Gasteiger partial charge on any atom is 0.0782 e. The summed E-state index contributed by atoms with van der Waals surface area (Å²) >= 11 is 76.5. The third-order valence-electron chi connectivity index (χ3n) is 4.31. The van der Waals surface area contributed by atoms with Crippen molar-refractivity contribution in [3.63, 3.8) is 0 Å². The SMILES string of the molecule is Clc1cc(Cl)c(C(c2c(Cl)cc(Cl)c(Cl)c2Cl)c2c(Cl)cc(Cl)c(Cl)c2Cl)c(Cl)c1Cl. The molecule has 12 heteroatoms. The number of rotatable bonds is 3. The predicted octanol–water partition coefficient (Wildman–Crippen LogP) is 12.7. The molecule has 164 valence electrons. The lowest BCUT2D eigenvalue weighted by Gasteiger charge is -2.27. The first-order valence-electron chi connectivity index (χ1n) is 7.87. The van der Waals surface area contributed by atoms with Gasteiger partial charge in [-0.25, -0.2) is 0 Å². The van der Waals surface area contributed by atoms with Crippen LogP contribution in [0.3, 0.4) is 0 Å². The van der Waals surface area contributed by atoms with Crippen LogP contribution in [0.1, 0.15) is 22.6 Å². The van der Waals surface area contributed by atoms with Crippen molar-refractivity contribution in [2.24, 2.45) is 0 Å². The van der Waals surface area contributed by atoms with Crippen LogP contribution in [0.4, 0.5) is 0 Å². The van der Waals surface area contributed by atoms with Gasteiger partial charge in [-0.3, -0.25) is 0 Å². The average molecular weight is 658 g/mol. The van der Waals surface area contributed by atoms with Gasteiger partial charge in [0, 0.05) is 37.7 Å². The first-order valence-corrected chi connectivity index (χ1v) is 12.4. The van der Waals surface area contributed by atoms with Crippen LogP contribution in [0.5, 0.6) is 0 Å². The Kier molecular flexibility index (Phi) is 8.98. The van der Waals surface area contributed by atoms with Crippen molar-refractivity contribution < 1.29 is 0 Å². The molecule has 3 rings (SSSR count). The van der Waals surface area contributed by atoms with Crippen LogP contribution in [-0.4, -0.2) is 0 Å². The van der Waals surface area contributed by atoms with Crippen molar-refractivity contribution in [2.45, 2.75) is 5.92 Å². The van der Waals surface area contributed by atoms with Crippen molar-refractivity contribution >= 4 is 139 Å². The summed E-state index contributed by atoms with van der Waals surface area (Å²) in [6, 6.07) is 4.25. The van der Waals surface area contributed by atoms with Crippen molar-refractivity contribution in [3.05, 3.63) is 95.2 Å². The fourth-order valence-electron chi connectivity index (χ4n) is 2.97. The Balaban J connectivity index is 2.56. The summed E-state index contributed by atoms with van der Waals surface area (Å²) in [5.74, 6) is -0.973. The van der Waals surface area contributed by atoms with E-state index >= 15 is 0 Å². The van der Waals surface area contributed by atoms with E-state index in [1.54, 1.807) is 0 Å². The largest absolute Gasteiger partial charge is 0.0839 e. The van der Waals surface area contributed by atoms with Gasteiger partial charge >= 0.3 is 0 Å². The first-order chi connectivity index (χ1) is 14.4. The molecule has 0 N–H and O–H groups in total. The topological polar surface area (TPSA) is 0 Å². The molecule has 0 heterocycles. The number of benzene rings is 3. The van der Waals surface area contributed by atoms with Gasteiger partial charge in [-0.1, -0.05) is 139 Å². The molecule has 0 aliphatic heterocycles. The molecule has 0 nitrogen and oxygen atoms in total. The Bertz CT molecular complexity index is 1070. The molecule has 0 saturated heterocycles. The zero-order valence-electron chi connectivity index (χ0n) is 14.3. The van der Waals surface area contributed by atoms with E-state index in [2.05, 4.69) is 0 Å². The van der Waals surface area contributed by atoms with Crippen LogP contribution in [0, 0.1) is 0 Å². The molecular formula is C19H4Cl12. The van der Waals surface area contributed by atoms with Crippen molar-refractivity contribution in [3.8, 4) is 0 Å². The minimum atomic E-state index is -0.973. The van der Waals surface area contributed by atoms with E-state index in [1.807, 2.05) is 0 Å². The third-order valence-corrected chi connectivity index (χ3v) is 9.08. The second-order valence-electron chi connectivity index (χ2n) is 6.08. The molecule has 0 saturated carbocycles. The standard InChI is InChI=1S/C19H4Cl12/c20-4-1-7(23)14(26)17(29)10(4)13(11-5(21)2-8(24)15(27)18(11)30)12-6(22)3-9(25)16(28)19(12)31/h1-3,13H. The van der Waals surface area contributed by atoms with Gasteiger partial charge in [0.1, 0.15) is 0 Å². The van der Waals surface area contributed by atoms with Gasteiger partial charge in [0.15, 0.2) is 0 Å². The monoisotopic (exact) mass is 652 g/mol. The predicted molar refractivity (Wildman–Crippen MR) is 140 cm³/mol. The summed E-state index contributed by atoms with van der Waals surface area (Å²) in [6.45, 7) is 0. The van der Waals surface area contributed by atoms with E-state index < -0.39 is 5.92 Å². The summed E-state index contributed by atoms with van der Waals surface area (Å²) in [5, 5.41) is 1.06. The van der Waals surface area contributed by atoms with Crippen LogP contribution in [0.25, 0.3) is 0 Å². The minimum Gasteiger partial charge on any atom is -0.0839 e. The highest BCUT2D eigenvalue weighted by molar-refractivity contribution is 6.52. The Morgan fingerprint density at radius 2 is 0.548 bits per heavy atom. The number of hydrogen-bond donors (Lipinski definition) is 0. The fourth-order valence-corrected chi connectivity index (χ4v) is 6.38. The van der Waals surface area contributed by atoms with E-state index in [-0.39, 0.29) is 77.0 Å². The zero-order chi connectivity index (χ0) is 23.4. The van der Waals surface area contributed by atoms with Gasteiger partial charge in [0.05, 0.1) is 45.2 Å². The smallest absolute Gasteiger partial charge is 0.0782 e. The molecule has 0 unspecified atom stereocenters. The Morgan fingerprint density at radius 1 is 0.323 bits per heavy atom. The first kappa shape index (κ1) is 26.7. The van der Waals surface area contributed by atoms with Crippen molar-refractivity contribution in [1.29, 1.82) is 0 Å². The molecule has 31 heavy (non-hydrogen) atoms. The third kappa shape index (κ3) is 4.94. The van der Waals surface area contributed by atoms with Crippen LogP contribution in [0.2, 0.25) is 60.3 Å². The highest BCUT2D eigenvalue weighted by Gasteiger charge is 2.34. The van der Waals surface area contributed by atoms with Gasteiger partial charge < -0.3 is 0 Å². The van der Waals surface area contributed by atoms with Crippen molar-refractivity contribution in [2.75, 3.05) is 0 Å². The van der Waals surface area contributed by atoms with Gasteiger partial charge in [-0.05, 0) is 18.2 Å². The summed E-state index contributed by atoms with van der Waals surface area (Å²) < 4.78 is 0. The summed E-state index contributed by atoms with van der Waals surface area (Å²) in [4.78, 5) is 0. The molecule has 0 aliphatic carbocycles. The van der Waals surface area contributed by atoms with E-state index in [0.717, 1.165) is 0 Å². The second kappa shape index (κ2) is 10.4. The Morgan fingerprint density at radius 3 is 0.774 bits per heavy atom. The molecule has 0 fully saturated rings. The maximum atomic E-state index is 6.56. The van der Waals surface area contributed by atoms with Crippen LogP contribution in [0.15, 0.2) is 18.2 Å². The lowest BCUT2D eigenvalue weighted by molar-refractivity contribution is 0.979. The van der Waals surface area contributed by atoms with Gasteiger partial charge in [-0.2, -0.15) is 0 Å². The number of hydrogen-bond acceptors (Lipinski definition) is 0. The minimum absolute atomic E-state index is 0.0283. The molecule has 0 aromatic heterocycles. The van der Waals surface area contributed by atoms with Crippen molar-refractivity contribution in [1.82, 2.24) is 0 Å². The highest BCUT2D eigenvalue weighted by Crippen LogP contribution is 2.54. The lowest BCUT2D eigenvalue weighted by atomic mass is 9.84. The lowest BCUT2D eigenvalue weighted by Crippen LogP contribution is -2.09. The van der Waals surface area contributed by atoms with Gasteiger partial charge in [-0.15, -0.1) is 0 Å². The molecular weight excluding hydrogens is 654 g/mol. The van der Waals surface area contributed by atoms with Gasteiger partial charge in [0.25, 0.3) is 0 Å². The molecule has 0 atom stereocenters. The molecule has 0 bridgehead atoms. The van der Waals surface area contributed by atoms with E-state index in [1.165, 1.54) is 18.2 Å². The average Bonchev–Trinajstić information content (AvgIpc) is 2.68. The van der Waals surface area contributed by atoms with Gasteiger partial charge in [0.2, 0.25) is 0 Å². The van der Waals surface area contributed by atoms with Crippen LogP contribution < -0.4 is 0 Å². The Labute approximate surface area is 238 Å². The molecule has 0 spiro atoms. The molecule has 0 amide bonds. The fraction of sp³-hybridized carbons (Fsp3) is 0.0526. The zero-order valence-corrected chi connectivity index (χ0v) is 23.4. The molecule has 0 radical (unpaired) electrons. The summed E-state index contributed by atoms with van der Waals surface area (Å²) in [5.41, 5.74) is 0.798. The highest BCUT2D eigenvalue weighted by atomic mass is 35.5. The van der Waals surface area contributed by atoms with E-state index in [0.29, 0.717) is 0 Å². The molecule has 0 aliphatic rings. The maximum absolute atomic E-state index is 6.56.